The Kier molecular flexibility index (Phi) is 7.42. The number of amidine groups is 1. The van der Waals surface area contributed by atoms with Gasteiger partial charge in [0.25, 0.3) is 5.91 Å². The zero-order chi connectivity index (χ0) is 24.2. The average molecular weight is 493 g/mol. The van der Waals surface area contributed by atoms with E-state index >= 15 is 0 Å². The first-order valence-electron chi connectivity index (χ1n) is 12.7. The van der Waals surface area contributed by atoms with E-state index in [9.17, 15) is 9.59 Å². The Labute approximate surface area is 210 Å². The number of carbonyl (C=O) groups is 2. The molecule has 6 nitrogen and oxygen atoms in total. The predicted octanol–water partition coefficient (Wildman–Crippen LogP) is 6.67. The highest BCUT2D eigenvalue weighted by Crippen LogP contribution is 2.39. The number of ether oxygens (including phenoxy) is 1. The molecular formula is C28H32N2O4S. The van der Waals surface area contributed by atoms with Gasteiger partial charge >= 0.3 is 5.97 Å². The third kappa shape index (κ3) is 5.40. The molecule has 2 aromatic rings. The van der Waals surface area contributed by atoms with Gasteiger partial charge in [0.1, 0.15) is 11.5 Å². The third-order valence-electron chi connectivity index (χ3n) is 7.14. The van der Waals surface area contributed by atoms with E-state index in [1.165, 1.54) is 57.4 Å². The minimum atomic E-state index is -0.369. The number of aliphatic imine (C=N–C) groups is 1. The Hall–Kier alpha value is -2.80. The molecule has 0 atom stereocenters. The van der Waals surface area contributed by atoms with E-state index in [1.54, 1.807) is 12.1 Å². The lowest BCUT2D eigenvalue weighted by atomic mass is 9.94. The summed E-state index contributed by atoms with van der Waals surface area (Å²) in [4.78, 5) is 33.0. The van der Waals surface area contributed by atoms with Gasteiger partial charge in [-0.05, 0) is 61.7 Å². The number of rotatable bonds is 5. The highest BCUT2D eigenvalue weighted by Gasteiger charge is 2.39. The van der Waals surface area contributed by atoms with Crippen LogP contribution in [0.15, 0.2) is 50.7 Å². The van der Waals surface area contributed by atoms with Crippen molar-refractivity contribution in [3.63, 3.8) is 0 Å². The van der Waals surface area contributed by atoms with Crippen molar-refractivity contribution in [3.05, 3.63) is 52.6 Å². The smallest absolute Gasteiger partial charge is 0.337 e. The van der Waals surface area contributed by atoms with Gasteiger partial charge in [-0.3, -0.25) is 14.7 Å². The maximum absolute atomic E-state index is 13.5. The maximum Gasteiger partial charge on any atom is 0.337 e. The molecule has 1 aliphatic heterocycles. The van der Waals surface area contributed by atoms with Crippen LogP contribution >= 0.6 is 11.8 Å². The lowest BCUT2D eigenvalue weighted by molar-refractivity contribution is -0.124. The van der Waals surface area contributed by atoms with Crippen LogP contribution < -0.4 is 0 Å². The van der Waals surface area contributed by atoms with E-state index in [0.29, 0.717) is 28.0 Å². The first kappa shape index (κ1) is 23.9. The molecule has 0 radical (unpaired) electrons. The Bertz CT molecular complexity index is 1120. The molecule has 1 aromatic heterocycles. The Morgan fingerprint density at radius 1 is 1.00 bits per heavy atom. The van der Waals surface area contributed by atoms with Gasteiger partial charge in [0.15, 0.2) is 5.17 Å². The van der Waals surface area contributed by atoms with E-state index in [1.807, 2.05) is 35.2 Å². The second-order valence-electron chi connectivity index (χ2n) is 9.55. The molecule has 184 valence electrons. The lowest BCUT2D eigenvalue weighted by Gasteiger charge is -2.31. The minimum Gasteiger partial charge on any atom is -0.465 e. The number of nitrogens with zero attached hydrogens (tertiary/aromatic N) is 2. The predicted molar refractivity (Wildman–Crippen MR) is 139 cm³/mol. The van der Waals surface area contributed by atoms with Crippen molar-refractivity contribution in [3.8, 4) is 11.3 Å². The first-order chi connectivity index (χ1) is 17.1. The van der Waals surface area contributed by atoms with Crippen molar-refractivity contribution in [1.82, 2.24) is 4.90 Å². The molecule has 1 aromatic carbocycles. The number of thioether (sulfide) groups is 1. The normalized spacial score (nSPS) is 22.3. The summed E-state index contributed by atoms with van der Waals surface area (Å²) < 4.78 is 10.8. The van der Waals surface area contributed by atoms with E-state index < -0.39 is 0 Å². The Morgan fingerprint density at radius 2 is 1.69 bits per heavy atom. The summed E-state index contributed by atoms with van der Waals surface area (Å²) in [6.45, 7) is 0. The number of hydrogen-bond donors (Lipinski definition) is 0. The second kappa shape index (κ2) is 10.9. The van der Waals surface area contributed by atoms with Gasteiger partial charge in [0.05, 0.1) is 23.6 Å². The number of carbonyl (C=O) groups excluding carboxylic acids is 2. The highest BCUT2D eigenvalue weighted by molar-refractivity contribution is 8.18. The number of methoxy groups -OCH3 is 1. The average Bonchev–Trinajstić information content (AvgIpc) is 3.49. The van der Waals surface area contributed by atoms with Gasteiger partial charge in [-0.25, -0.2) is 4.79 Å². The van der Waals surface area contributed by atoms with Crippen molar-refractivity contribution >= 4 is 34.9 Å². The van der Waals surface area contributed by atoms with Crippen LogP contribution in [0.4, 0.5) is 0 Å². The minimum absolute atomic E-state index is 0.0526. The van der Waals surface area contributed by atoms with E-state index in [-0.39, 0.29) is 17.9 Å². The summed E-state index contributed by atoms with van der Waals surface area (Å²) in [5, 5.41) is 0.880. The number of esters is 1. The van der Waals surface area contributed by atoms with Crippen LogP contribution in [0.5, 0.6) is 0 Å². The SMILES string of the molecule is COC(=O)c1ccc(-c2ccc(C=C3SC(=NC4CCCCC4)N(C4CCCCC4)C3=O)o2)cc1. The van der Waals surface area contributed by atoms with Crippen molar-refractivity contribution in [2.75, 3.05) is 7.11 Å². The molecule has 2 aliphatic carbocycles. The van der Waals surface area contributed by atoms with Gasteiger partial charge in [-0.2, -0.15) is 0 Å². The lowest BCUT2D eigenvalue weighted by Crippen LogP contribution is -2.41. The van der Waals surface area contributed by atoms with Crippen molar-refractivity contribution in [2.24, 2.45) is 4.99 Å². The van der Waals surface area contributed by atoms with E-state index in [0.717, 1.165) is 36.4 Å². The molecule has 5 rings (SSSR count). The molecule has 0 bridgehead atoms. The third-order valence-corrected chi connectivity index (χ3v) is 8.13. The zero-order valence-corrected chi connectivity index (χ0v) is 21.0. The molecule has 35 heavy (non-hydrogen) atoms. The fourth-order valence-electron chi connectivity index (χ4n) is 5.21. The summed E-state index contributed by atoms with van der Waals surface area (Å²) >= 11 is 1.50. The second-order valence-corrected chi connectivity index (χ2v) is 10.6. The molecule has 1 saturated heterocycles. The summed E-state index contributed by atoms with van der Waals surface area (Å²) in [6, 6.07) is 11.4. The summed E-state index contributed by atoms with van der Waals surface area (Å²) in [7, 11) is 1.37. The number of benzene rings is 1. The summed E-state index contributed by atoms with van der Waals surface area (Å²) in [6.07, 6.45) is 13.5. The zero-order valence-electron chi connectivity index (χ0n) is 20.2. The largest absolute Gasteiger partial charge is 0.465 e. The van der Waals surface area contributed by atoms with Crippen LogP contribution in [-0.2, 0) is 9.53 Å². The van der Waals surface area contributed by atoms with Gasteiger partial charge < -0.3 is 9.15 Å². The van der Waals surface area contributed by atoms with Gasteiger partial charge in [-0.15, -0.1) is 0 Å². The summed E-state index contributed by atoms with van der Waals surface area (Å²) in [5.74, 6) is 1.00. The maximum atomic E-state index is 13.5. The number of hydrogen-bond acceptors (Lipinski definition) is 6. The fraction of sp³-hybridized carbons (Fsp3) is 0.464. The highest BCUT2D eigenvalue weighted by atomic mass is 32.2. The van der Waals surface area contributed by atoms with Crippen LogP contribution in [0.1, 0.15) is 80.3 Å². The molecule has 2 heterocycles. The molecule has 0 spiro atoms. The van der Waals surface area contributed by atoms with Gasteiger partial charge in [-0.1, -0.05) is 50.7 Å². The molecule has 3 aliphatic rings. The van der Waals surface area contributed by atoms with Gasteiger partial charge in [0.2, 0.25) is 0 Å². The standard InChI is InChI=1S/C28H32N2O4S/c1-33-27(32)20-14-12-19(13-15-20)24-17-16-23(34-24)18-25-26(31)30(22-10-6-3-7-11-22)28(35-25)29-21-8-4-2-5-9-21/h12-18,21-22H,2-11H2,1H3. The van der Waals surface area contributed by atoms with E-state index in [4.69, 9.17) is 14.1 Å². The number of furan rings is 1. The van der Waals surface area contributed by atoms with E-state index in [2.05, 4.69) is 0 Å². The number of amides is 1. The molecule has 2 saturated carbocycles. The molecular weight excluding hydrogens is 460 g/mol. The van der Waals surface area contributed by atoms with Crippen LogP contribution in [0.3, 0.4) is 0 Å². The van der Waals surface area contributed by atoms with Crippen LogP contribution in [0.25, 0.3) is 17.4 Å². The first-order valence-corrected chi connectivity index (χ1v) is 13.5. The van der Waals surface area contributed by atoms with Crippen molar-refractivity contribution < 1.29 is 18.7 Å². The van der Waals surface area contributed by atoms with Crippen LogP contribution in [-0.4, -0.2) is 41.1 Å². The van der Waals surface area contributed by atoms with Gasteiger partial charge in [0, 0.05) is 17.7 Å². The Morgan fingerprint density at radius 3 is 2.37 bits per heavy atom. The quantitative estimate of drug-likeness (QED) is 0.344. The molecule has 1 amide bonds. The van der Waals surface area contributed by atoms with Crippen molar-refractivity contribution in [2.45, 2.75) is 76.3 Å². The molecule has 0 unspecified atom stereocenters. The van der Waals surface area contributed by atoms with Crippen molar-refractivity contribution in [1.29, 1.82) is 0 Å². The summed E-state index contributed by atoms with van der Waals surface area (Å²) in [5.41, 5.74) is 1.35. The Balaban J connectivity index is 1.38. The molecule has 7 heteroatoms. The molecule has 0 N–H and O–H groups in total. The van der Waals surface area contributed by atoms with Crippen LogP contribution in [0.2, 0.25) is 0 Å². The molecule has 3 fully saturated rings. The van der Waals surface area contributed by atoms with Crippen LogP contribution in [0, 0.1) is 0 Å². The topological polar surface area (TPSA) is 72.1 Å². The monoisotopic (exact) mass is 492 g/mol. The fourth-order valence-corrected chi connectivity index (χ4v) is 6.30.